The van der Waals surface area contributed by atoms with Gasteiger partial charge in [0.1, 0.15) is 0 Å². The van der Waals surface area contributed by atoms with E-state index in [0.717, 1.165) is 42.5 Å². The molecule has 0 atom stereocenters. The van der Waals surface area contributed by atoms with Gasteiger partial charge in [-0.2, -0.15) is 0 Å². The van der Waals surface area contributed by atoms with Gasteiger partial charge in [-0.25, -0.2) is 0 Å². The molecular weight excluding hydrogens is 478 g/mol. The van der Waals surface area contributed by atoms with Crippen LogP contribution in [0, 0.1) is 0 Å². The van der Waals surface area contributed by atoms with Gasteiger partial charge in [-0.1, -0.05) is 26.7 Å². The third-order valence-corrected chi connectivity index (χ3v) is 12.7. The van der Waals surface area contributed by atoms with E-state index in [0.29, 0.717) is 39.6 Å². The molecule has 212 valence electrons. The maximum absolute atomic E-state index is 6.14. The van der Waals surface area contributed by atoms with Crippen LogP contribution in [0.25, 0.3) is 0 Å². The van der Waals surface area contributed by atoms with Crippen molar-refractivity contribution in [3.05, 3.63) is 0 Å². The van der Waals surface area contributed by atoms with Crippen LogP contribution in [0.3, 0.4) is 0 Å². The molecule has 0 saturated carbocycles. The van der Waals surface area contributed by atoms with Crippen LogP contribution in [0.1, 0.15) is 93.9 Å². The summed E-state index contributed by atoms with van der Waals surface area (Å²) >= 11 is 0. The molecule has 35 heavy (non-hydrogen) atoms. The first-order valence-corrected chi connectivity index (χ1v) is 18.4. The first kappa shape index (κ1) is 35.2. The lowest BCUT2D eigenvalue weighted by Gasteiger charge is -2.40. The molecule has 0 aliphatic heterocycles. The van der Waals surface area contributed by atoms with E-state index in [1.165, 1.54) is 38.8 Å². The number of unbranched alkanes of at least 4 members (excludes halogenated alkanes) is 2. The SMILES string of the molecule is CCCC[N+](CCCC)(CCC[Si](OCC)(OCC)OCC)CCC[Si](OCC)(OCC)OCC. The molecule has 0 spiro atoms. The summed E-state index contributed by atoms with van der Waals surface area (Å²) in [5, 5.41) is 0. The summed E-state index contributed by atoms with van der Waals surface area (Å²) in [6, 6.07) is 1.77. The number of rotatable bonds is 26. The second kappa shape index (κ2) is 21.1. The fraction of sp³-hybridized carbons (Fsp3) is 1.00. The summed E-state index contributed by atoms with van der Waals surface area (Å²) in [6.45, 7) is 25.3. The molecule has 0 saturated heterocycles. The second-order valence-corrected chi connectivity index (χ2v) is 14.6. The Kier molecular flexibility index (Phi) is 21.2. The van der Waals surface area contributed by atoms with Crippen LogP contribution < -0.4 is 0 Å². The van der Waals surface area contributed by atoms with Crippen molar-refractivity contribution < 1.29 is 31.0 Å². The van der Waals surface area contributed by atoms with Crippen molar-refractivity contribution in [3.63, 3.8) is 0 Å². The van der Waals surface area contributed by atoms with Gasteiger partial charge in [0.05, 0.1) is 26.2 Å². The third-order valence-electron chi connectivity index (χ3n) is 6.39. The van der Waals surface area contributed by atoms with E-state index in [1.54, 1.807) is 0 Å². The Bertz CT molecular complexity index is 411. The Labute approximate surface area is 220 Å². The zero-order chi connectivity index (χ0) is 26.5. The van der Waals surface area contributed by atoms with Crippen molar-refractivity contribution in [2.45, 2.75) is 106 Å². The van der Waals surface area contributed by atoms with E-state index >= 15 is 0 Å². The molecule has 0 bridgehead atoms. The Hall–Kier alpha value is 0.154. The summed E-state index contributed by atoms with van der Waals surface area (Å²) in [6.07, 6.45) is 7.06. The molecule has 0 amide bonds. The van der Waals surface area contributed by atoms with Crippen molar-refractivity contribution in [2.75, 3.05) is 65.8 Å². The minimum Gasteiger partial charge on any atom is -0.374 e. The Balaban J connectivity index is 5.55. The van der Waals surface area contributed by atoms with Gasteiger partial charge in [-0.15, -0.1) is 0 Å². The first-order chi connectivity index (χ1) is 16.9. The standard InChI is InChI=1S/C26H60NO6Si2/c1-9-17-21-27(22-18-10-2,23-19-25-34(28-11-3,29-12-4)30-13-5)24-20-26-35(31-14-6,32-15-7)33-16-8/h9-26H2,1-8H3/q+1. The minimum absolute atomic E-state index is 0.636. The maximum Gasteiger partial charge on any atom is 0.501 e. The lowest BCUT2D eigenvalue weighted by Crippen LogP contribution is -2.53. The van der Waals surface area contributed by atoms with Crippen LogP contribution in [-0.4, -0.2) is 87.9 Å². The average molecular weight is 539 g/mol. The van der Waals surface area contributed by atoms with Crippen LogP contribution in [0.4, 0.5) is 0 Å². The van der Waals surface area contributed by atoms with E-state index in [9.17, 15) is 0 Å². The van der Waals surface area contributed by atoms with E-state index in [-0.39, 0.29) is 0 Å². The summed E-state index contributed by atoms with van der Waals surface area (Å²) in [7, 11) is -5.23. The average Bonchev–Trinajstić information content (AvgIpc) is 2.82. The van der Waals surface area contributed by atoms with Crippen LogP contribution in [0.15, 0.2) is 0 Å². The second-order valence-electron chi connectivity index (χ2n) is 9.11. The highest BCUT2D eigenvalue weighted by Gasteiger charge is 2.42. The predicted molar refractivity (Wildman–Crippen MR) is 150 cm³/mol. The van der Waals surface area contributed by atoms with E-state index in [2.05, 4.69) is 13.8 Å². The molecule has 0 rings (SSSR count). The van der Waals surface area contributed by atoms with Gasteiger partial charge in [-0.05, 0) is 54.4 Å². The molecule has 7 nitrogen and oxygen atoms in total. The summed E-state index contributed by atoms with van der Waals surface area (Å²) in [4.78, 5) is 0. The van der Waals surface area contributed by atoms with Crippen molar-refractivity contribution in [3.8, 4) is 0 Å². The Morgan fingerprint density at radius 2 is 0.657 bits per heavy atom. The molecular formula is C26H60NO6Si2+. The van der Waals surface area contributed by atoms with Gasteiger partial charge in [-0.3, -0.25) is 0 Å². The van der Waals surface area contributed by atoms with Gasteiger partial charge in [0.25, 0.3) is 0 Å². The van der Waals surface area contributed by atoms with Crippen molar-refractivity contribution in [2.24, 2.45) is 0 Å². The number of hydrogen-bond donors (Lipinski definition) is 0. The molecule has 0 heterocycles. The van der Waals surface area contributed by atoms with Crippen LogP contribution in [0.2, 0.25) is 12.1 Å². The molecule has 0 unspecified atom stereocenters. The highest BCUT2D eigenvalue weighted by Crippen LogP contribution is 2.25. The van der Waals surface area contributed by atoms with Gasteiger partial charge < -0.3 is 31.0 Å². The molecule has 0 aromatic carbocycles. The smallest absolute Gasteiger partial charge is 0.374 e. The number of nitrogens with zero attached hydrogens (tertiary/aromatic N) is 1. The maximum atomic E-state index is 6.14. The molecule has 0 aromatic heterocycles. The molecule has 0 aliphatic carbocycles. The molecule has 0 aliphatic rings. The lowest BCUT2D eigenvalue weighted by atomic mass is 10.1. The number of quaternary nitrogens is 1. The van der Waals surface area contributed by atoms with Crippen molar-refractivity contribution in [1.82, 2.24) is 0 Å². The molecule has 0 fully saturated rings. The molecule has 9 heteroatoms. The topological polar surface area (TPSA) is 55.4 Å². The van der Waals surface area contributed by atoms with Crippen LogP contribution in [-0.2, 0) is 26.6 Å². The highest BCUT2D eigenvalue weighted by atomic mass is 28.4. The summed E-state index contributed by atoms with van der Waals surface area (Å²) in [5.41, 5.74) is 0. The third kappa shape index (κ3) is 14.0. The molecule has 0 radical (unpaired) electrons. The Morgan fingerprint density at radius 3 is 0.886 bits per heavy atom. The molecule has 0 N–H and O–H groups in total. The van der Waals surface area contributed by atoms with Gasteiger partial charge in [0.2, 0.25) is 0 Å². The molecule has 0 aromatic rings. The zero-order valence-electron chi connectivity index (χ0n) is 24.6. The predicted octanol–water partition coefficient (Wildman–Crippen LogP) is 6.28. The van der Waals surface area contributed by atoms with Gasteiger partial charge in [0.15, 0.2) is 0 Å². The fourth-order valence-corrected chi connectivity index (χ4v) is 10.1. The summed E-state index contributed by atoms with van der Waals surface area (Å²) in [5.74, 6) is 0. The van der Waals surface area contributed by atoms with E-state index in [4.69, 9.17) is 26.6 Å². The van der Waals surface area contributed by atoms with Crippen LogP contribution in [0.5, 0.6) is 0 Å². The van der Waals surface area contributed by atoms with Crippen molar-refractivity contribution >= 4 is 17.6 Å². The van der Waals surface area contributed by atoms with E-state index < -0.39 is 17.6 Å². The Morgan fingerprint density at radius 1 is 0.400 bits per heavy atom. The number of hydrogen-bond acceptors (Lipinski definition) is 6. The lowest BCUT2D eigenvalue weighted by molar-refractivity contribution is -0.928. The van der Waals surface area contributed by atoms with E-state index in [1.807, 2.05) is 41.5 Å². The highest BCUT2D eigenvalue weighted by molar-refractivity contribution is 6.61. The normalized spacial score (nSPS) is 13.0. The van der Waals surface area contributed by atoms with Gasteiger partial charge in [0, 0.05) is 64.6 Å². The largest absolute Gasteiger partial charge is 0.501 e. The fourth-order valence-electron chi connectivity index (χ4n) is 4.92. The zero-order valence-corrected chi connectivity index (χ0v) is 26.6. The monoisotopic (exact) mass is 538 g/mol. The minimum atomic E-state index is -2.61. The summed E-state index contributed by atoms with van der Waals surface area (Å²) < 4.78 is 38.0. The quantitative estimate of drug-likeness (QED) is 0.0954. The van der Waals surface area contributed by atoms with Crippen LogP contribution >= 0.6 is 0 Å². The first-order valence-electron chi connectivity index (χ1n) is 14.6. The van der Waals surface area contributed by atoms with Gasteiger partial charge >= 0.3 is 17.6 Å². The van der Waals surface area contributed by atoms with Crippen molar-refractivity contribution in [1.29, 1.82) is 0 Å².